The molecule has 0 aromatic heterocycles. The standard InChI is InChI=1S/C14H19BrN2O/c1-10-7-12(5-6-16-10)14(18)17-9-11-3-2-4-13(15)8-11/h2-4,8,10,12,16H,5-7,9H2,1H3,(H,17,18). The van der Waals surface area contributed by atoms with Gasteiger partial charge < -0.3 is 10.6 Å². The minimum atomic E-state index is 0.161. The van der Waals surface area contributed by atoms with Crippen LogP contribution in [-0.2, 0) is 11.3 Å². The van der Waals surface area contributed by atoms with Gasteiger partial charge in [0.05, 0.1) is 0 Å². The molecule has 1 aromatic rings. The number of hydrogen-bond donors (Lipinski definition) is 2. The third kappa shape index (κ3) is 3.82. The lowest BCUT2D eigenvalue weighted by molar-refractivity contribution is -0.126. The molecule has 1 saturated heterocycles. The van der Waals surface area contributed by atoms with Crippen molar-refractivity contribution in [2.75, 3.05) is 6.54 Å². The second-order valence-electron chi connectivity index (χ2n) is 4.92. The van der Waals surface area contributed by atoms with Gasteiger partial charge in [-0.15, -0.1) is 0 Å². The molecule has 2 N–H and O–H groups in total. The van der Waals surface area contributed by atoms with Gasteiger partial charge in [-0.2, -0.15) is 0 Å². The maximum atomic E-state index is 12.1. The number of piperidine rings is 1. The zero-order valence-electron chi connectivity index (χ0n) is 10.6. The first-order chi connectivity index (χ1) is 8.65. The van der Waals surface area contributed by atoms with E-state index in [1.165, 1.54) is 0 Å². The van der Waals surface area contributed by atoms with E-state index in [0.29, 0.717) is 12.6 Å². The topological polar surface area (TPSA) is 41.1 Å². The molecule has 2 atom stereocenters. The molecule has 0 radical (unpaired) electrons. The second-order valence-corrected chi connectivity index (χ2v) is 5.84. The smallest absolute Gasteiger partial charge is 0.223 e. The summed E-state index contributed by atoms with van der Waals surface area (Å²) in [4.78, 5) is 12.1. The van der Waals surface area contributed by atoms with E-state index >= 15 is 0 Å². The zero-order chi connectivity index (χ0) is 13.0. The van der Waals surface area contributed by atoms with Gasteiger partial charge in [-0.1, -0.05) is 28.1 Å². The molecule has 1 amide bonds. The molecule has 98 valence electrons. The Kier molecular flexibility index (Phi) is 4.78. The second kappa shape index (κ2) is 6.34. The van der Waals surface area contributed by atoms with Crippen molar-refractivity contribution in [2.45, 2.75) is 32.4 Å². The van der Waals surface area contributed by atoms with Crippen molar-refractivity contribution in [2.24, 2.45) is 5.92 Å². The highest BCUT2D eigenvalue weighted by Crippen LogP contribution is 2.16. The first kappa shape index (κ1) is 13.6. The van der Waals surface area contributed by atoms with Crippen molar-refractivity contribution in [3.63, 3.8) is 0 Å². The first-order valence-electron chi connectivity index (χ1n) is 6.40. The van der Waals surface area contributed by atoms with Crippen molar-refractivity contribution in [1.29, 1.82) is 0 Å². The van der Waals surface area contributed by atoms with E-state index in [9.17, 15) is 4.79 Å². The molecule has 2 unspecified atom stereocenters. The number of nitrogens with one attached hydrogen (secondary N) is 2. The van der Waals surface area contributed by atoms with Gasteiger partial charge in [0, 0.05) is 23.0 Å². The Balaban J connectivity index is 1.84. The average molecular weight is 311 g/mol. The van der Waals surface area contributed by atoms with Crippen LogP contribution in [-0.4, -0.2) is 18.5 Å². The highest BCUT2D eigenvalue weighted by Gasteiger charge is 2.24. The monoisotopic (exact) mass is 310 g/mol. The molecule has 0 spiro atoms. The van der Waals surface area contributed by atoms with E-state index in [0.717, 1.165) is 29.4 Å². The number of benzene rings is 1. The molecule has 3 nitrogen and oxygen atoms in total. The molecule has 0 saturated carbocycles. The van der Waals surface area contributed by atoms with Crippen LogP contribution in [0.5, 0.6) is 0 Å². The lowest BCUT2D eigenvalue weighted by atomic mass is 9.92. The van der Waals surface area contributed by atoms with Crippen LogP contribution >= 0.6 is 15.9 Å². The minimum Gasteiger partial charge on any atom is -0.352 e. The predicted octanol–water partition coefficient (Wildman–Crippen LogP) is 2.45. The Hall–Kier alpha value is -0.870. The number of amides is 1. The van der Waals surface area contributed by atoms with E-state index in [4.69, 9.17) is 0 Å². The third-order valence-electron chi connectivity index (χ3n) is 3.35. The van der Waals surface area contributed by atoms with Crippen molar-refractivity contribution in [3.8, 4) is 0 Å². The normalized spacial score (nSPS) is 23.7. The van der Waals surface area contributed by atoms with E-state index < -0.39 is 0 Å². The summed E-state index contributed by atoms with van der Waals surface area (Å²) < 4.78 is 1.05. The Morgan fingerprint density at radius 2 is 2.39 bits per heavy atom. The largest absolute Gasteiger partial charge is 0.352 e. The zero-order valence-corrected chi connectivity index (χ0v) is 12.2. The molecule has 2 rings (SSSR count). The van der Waals surface area contributed by atoms with Gasteiger partial charge in [0.25, 0.3) is 0 Å². The molecule has 1 fully saturated rings. The van der Waals surface area contributed by atoms with Crippen molar-refractivity contribution in [1.82, 2.24) is 10.6 Å². The van der Waals surface area contributed by atoms with Gasteiger partial charge >= 0.3 is 0 Å². The molecule has 18 heavy (non-hydrogen) atoms. The van der Waals surface area contributed by atoms with Gasteiger partial charge in [0.1, 0.15) is 0 Å². The average Bonchev–Trinajstić information content (AvgIpc) is 2.36. The lowest BCUT2D eigenvalue weighted by Crippen LogP contribution is -2.42. The van der Waals surface area contributed by atoms with Crippen LogP contribution < -0.4 is 10.6 Å². The van der Waals surface area contributed by atoms with Crippen LogP contribution in [0.3, 0.4) is 0 Å². The summed E-state index contributed by atoms with van der Waals surface area (Å²) in [6.07, 6.45) is 1.87. The SMILES string of the molecule is CC1CC(C(=O)NCc2cccc(Br)c2)CCN1. The van der Waals surface area contributed by atoms with Crippen LogP contribution in [0.4, 0.5) is 0 Å². The summed E-state index contributed by atoms with van der Waals surface area (Å²) in [5.74, 6) is 0.344. The minimum absolute atomic E-state index is 0.161. The van der Waals surface area contributed by atoms with Crippen molar-refractivity contribution in [3.05, 3.63) is 34.3 Å². The fourth-order valence-electron chi connectivity index (χ4n) is 2.35. The van der Waals surface area contributed by atoms with Crippen LogP contribution in [0.2, 0.25) is 0 Å². The van der Waals surface area contributed by atoms with Gasteiger partial charge in [-0.3, -0.25) is 4.79 Å². The molecule has 0 aliphatic carbocycles. The maximum absolute atomic E-state index is 12.1. The Bertz CT molecular complexity index is 422. The predicted molar refractivity (Wildman–Crippen MR) is 76.2 cm³/mol. The number of halogens is 1. The number of carbonyl (C=O) groups is 1. The molecule has 1 aliphatic heterocycles. The van der Waals surface area contributed by atoms with Crippen molar-refractivity contribution < 1.29 is 4.79 Å². The third-order valence-corrected chi connectivity index (χ3v) is 3.84. The molecular formula is C14H19BrN2O. The molecule has 1 aromatic carbocycles. The Morgan fingerprint density at radius 3 is 3.11 bits per heavy atom. The van der Waals surface area contributed by atoms with Gasteiger partial charge in [-0.05, 0) is 44.0 Å². The number of carbonyl (C=O) groups excluding carboxylic acids is 1. The fourth-order valence-corrected chi connectivity index (χ4v) is 2.80. The molecule has 1 heterocycles. The number of rotatable bonds is 3. The van der Waals surface area contributed by atoms with E-state index in [1.54, 1.807) is 0 Å². The van der Waals surface area contributed by atoms with Crippen molar-refractivity contribution >= 4 is 21.8 Å². The Labute approximate surface area is 116 Å². The fraction of sp³-hybridized carbons (Fsp3) is 0.500. The highest BCUT2D eigenvalue weighted by atomic mass is 79.9. The summed E-state index contributed by atoms with van der Waals surface area (Å²) >= 11 is 3.43. The lowest BCUT2D eigenvalue weighted by Gasteiger charge is -2.27. The maximum Gasteiger partial charge on any atom is 0.223 e. The summed E-state index contributed by atoms with van der Waals surface area (Å²) in [5, 5.41) is 6.39. The molecule has 0 bridgehead atoms. The van der Waals surface area contributed by atoms with Crippen LogP contribution in [0, 0.1) is 5.92 Å². The van der Waals surface area contributed by atoms with Crippen LogP contribution in [0.25, 0.3) is 0 Å². The van der Waals surface area contributed by atoms with Crippen LogP contribution in [0.15, 0.2) is 28.7 Å². The quantitative estimate of drug-likeness (QED) is 0.900. The molecule has 4 heteroatoms. The summed E-state index contributed by atoms with van der Waals surface area (Å²) in [7, 11) is 0. The van der Waals surface area contributed by atoms with E-state index in [1.807, 2.05) is 24.3 Å². The molecule has 1 aliphatic rings. The van der Waals surface area contributed by atoms with Gasteiger partial charge in [0.15, 0.2) is 0 Å². The highest BCUT2D eigenvalue weighted by molar-refractivity contribution is 9.10. The number of hydrogen-bond acceptors (Lipinski definition) is 2. The molecular weight excluding hydrogens is 292 g/mol. The first-order valence-corrected chi connectivity index (χ1v) is 7.20. The Morgan fingerprint density at radius 1 is 1.56 bits per heavy atom. The summed E-state index contributed by atoms with van der Waals surface area (Å²) in [5.41, 5.74) is 1.12. The van der Waals surface area contributed by atoms with Gasteiger partial charge in [-0.25, -0.2) is 0 Å². The summed E-state index contributed by atoms with van der Waals surface area (Å²) in [6.45, 7) is 3.68. The van der Waals surface area contributed by atoms with Crippen LogP contribution in [0.1, 0.15) is 25.3 Å². The summed E-state index contributed by atoms with van der Waals surface area (Å²) in [6, 6.07) is 8.47. The van der Waals surface area contributed by atoms with E-state index in [2.05, 4.69) is 33.5 Å². The van der Waals surface area contributed by atoms with E-state index in [-0.39, 0.29) is 11.8 Å². The van der Waals surface area contributed by atoms with Gasteiger partial charge in [0.2, 0.25) is 5.91 Å².